The third-order valence-electron chi connectivity index (χ3n) is 5.97. The molecular weight excluding hydrogens is 843 g/mol. The second kappa shape index (κ2) is 16.6. The standard InChI is InChI=1S/C30H12Cl10O8/c31-13-15(33)19(37)23(20(38)16(13)34)45-29(43)25(47-27(41)11-7-3-1-4-8-11)26(48-28(42)12-9-5-2-6-10-12)30(44)46-24-21(39)17(35)14(32)18(36)22(24)40/h1-10,25-26H. The van der Waals surface area contributed by atoms with E-state index in [2.05, 4.69) is 0 Å². The summed E-state index contributed by atoms with van der Waals surface area (Å²) >= 11 is 61.4. The van der Waals surface area contributed by atoms with Crippen molar-refractivity contribution in [1.29, 1.82) is 0 Å². The molecule has 8 nitrogen and oxygen atoms in total. The summed E-state index contributed by atoms with van der Waals surface area (Å²) in [5, 5.41) is -3.92. The molecule has 0 amide bonds. The summed E-state index contributed by atoms with van der Waals surface area (Å²) in [6.45, 7) is 0. The Balaban J connectivity index is 1.85. The highest BCUT2D eigenvalue weighted by Gasteiger charge is 2.45. The van der Waals surface area contributed by atoms with Crippen LogP contribution < -0.4 is 9.47 Å². The molecule has 4 rings (SSSR count). The van der Waals surface area contributed by atoms with E-state index in [-0.39, 0.29) is 41.3 Å². The van der Waals surface area contributed by atoms with Crippen LogP contribution in [0.25, 0.3) is 0 Å². The number of esters is 4. The van der Waals surface area contributed by atoms with Crippen molar-refractivity contribution >= 4 is 140 Å². The molecule has 0 aliphatic rings. The summed E-state index contributed by atoms with van der Waals surface area (Å²) in [6.07, 6.45) is -4.90. The molecule has 2 atom stereocenters. The van der Waals surface area contributed by atoms with E-state index >= 15 is 0 Å². The normalized spacial score (nSPS) is 12.1. The van der Waals surface area contributed by atoms with Crippen molar-refractivity contribution in [3.63, 3.8) is 0 Å². The molecule has 0 saturated heterocycles. The number of halogens is 10. The molecule has 250 valence electrons. The Morgan fingerprint density at radius 3 is 0.917 bits per heavy atom. The number of rotatable bonds is 9. The van der Waals surface area contributed by atoms with Crippen molar-refractivity contribution in [2.45, 2.75) is 12.2 Å². The predicted octanol–water partition coefficient (Wildman–Crippen LogP) is 11.2. The van der Waals surface area contributed by atoms with Crippen molar-refractivity contribution in [1.82, 2.24) is 0 Å². The second-order valence-electron chi connectivity index (χ2n) is 9.02. The van der Waals surface area contributed by atoms with Crippen LogP contribution in [-0.4, -0.2) is 36.1 Å². The maximum absolute atomic E-state index is 13.8. The molecule has 0 radical (unpaired) electrons. The topological polar surface area (TPSA) is 105 Å². The Kier molecular flexibility index (Phi) is 13.3. The third-order valence-corrected chi connectivity index (χ3v) is 10.5. The molecule has 48 heavy (non-hydrogen) atoms. The average Bonchev–Trinajstić information content (AvgIpc) is 3.10. The first kappa shape index (κ1) is 38.5. The van der Waals surface area contributed by atoms with Crippen molar-refractivity contribution in [3.8, 4) is 11.5 Å². The first-order valence-corrected chi connectivity index (χ1v) is 16.4. The van der Waals surface area contributed by atoms with E-state index in [0.717, 1.165) is 0 Å². The van der Waals surface area contributed by atoms with Crippen molar-refractivity contribution in [3.05, 3.63) is 122 Å². The zero-order valence-corrected chi connectivity index (χ0v) is 30.5. The van der Waals surface area contributed by atoms with Crippen molar-refractivity contribution < 1.29 is 38.1 Å². The minimum Gasteiger partial charge on any atom is -0.442 e. The van der Waals surface area contributed by atoms with Gasteiger partial charge in [0.2, 0.25) is 12.2 Å². The molecule has 0 heterocycles. The molecule has 0 aromatic heterocycles. The molecule has 0 spiro atoms. The lowest BCUT2D eigenvalue weighted by molar-refractivity contribution is -0.163. The highest BCUT2D eigenvalue weighted by atomic mass is 35.5. The molecule has 0 aliphatic heterocycles. The van der Waals surface area contributed by atoms with Gasteiger partial charge in [0.1, 0.15) is 20.1 Å². The third kappa shape index (κ3) is 8.33. The number of carbonyl (C=O) groups is 4. The molecule has 0 saturated carbocycles. The number of hydrogen-bond acceptors (Lipinski definition) is 8. The van der Waals surface area contributed by atoms with Crippen LogP contribution in [0.15, 0.2) is 60.7 Å². The van der Waals surface area contributed by atoms with Crippen LogP contribution in [0.3, 0.4) is 0 Å². The average molecular weight is 855 g/mol. The van der Waals surface area contributed by atoms with Crippen LogP contribution in [0.1, 0.15) is 20.7 Å². The van der Waals surface area contributed by atoms with Gasteiger partial charge in [-0.25, -0.2) is 19.2 Å². The smallest absolute Gasteiger partial charge is 0.357 e. The maximum atomic E-state index is 13.8. The monoisotopic (exact) mass is 850 g/mol. The minimum atomic E-state index is -2.45. The Hall–Kier alpha value is -2.34. The zero-order chi connectivity index (χ0) is 35.4. The second-order valence-corrected chi connectivity index (χ2v) is 12.8. The lowest BCUT2D eigenvalue weighted by Gasteiger charge is -2.25. The van der Waals surface area contributed by atoms with Crippen LogP contribution in [-0.2, 0) is 19.1 Å². The van der Waals surface area contributed by atoms with Gasteiger partial charge in [-0.1, -0.05) is 152 Å². The van der Waals surface area contributed by atoms with Gasteiger partial charge >= 0.3 is 23.9 Å². The fourth-order valence-electron chi connectivity index (χ4n) is 3.65. The quantitative estimate of drug-likeness (QED) is 0.0709. The number of benzene rings is 4. The predicted molar refractivity (Wildman–Crippen MR) is 186 cm³/mol. The first-order valence-electron chi connectivity index (χ1n) is 12.6. The SMILES string of the molecule is O=C(OC(C(=O)Oc1c(Cl)c(Cl)c(Cl)c(Cl)c1Cl)C(OC(=O)c1ccccc1)C(=O)Oc1c(Cl)c(Cl)c(Cl)c(Cl)c1Cl)c1ccccc1. The Morgan fingerprint density at radius 2 is 0.646 bits per heavy atom. The van der Waals surface area contributed by atoms with Crippen molar-refractivity contribution in [2.75, 3.05) is 0 Å². The van der Waals surface area contributed by atoms with Gasteiger partial charge in [0.25, 0.3) is 0 Å². The first-order chi connectivity index (χ1) is 22.6. The molecule has 4 aromatic carbocycles. The molecule has 0 bridgehead atoms. The van der Waals surface area contributed by atoms with Crippen LogP contribution in [0.2, 0.25) is 50.2 Å². The minimum absolute atomic E-state index is 0.0900. The van der Waals surface area contributed by atoms with Gasteiger partial charge in [0.15, 0.2) is 11.5 Å². The Bertz CT molecular complexity index is 1730. The summed E-state index contributed by atoms with van der Waals surface area (Å²) in [5.41, 5.74) is -0.180. The van der Waals surface area contributed by atoms with E-state index in [9.17, 15) is 19.2 Å². The summed E-state index contributed by atoms with van der Waals surface area (Å²) < 4.78 is 21.5. The van der Waals surface area contributed by atoms with Gasteiger partial charge in [-0.2, -0.15) is 0 Å². The van der Waals surface area contributed by atoms with Crippen molar-refractivity contribution in [2.24, 2.45) is 0 Å². The van der Waals surface area contributed by atoms with Crippen LogP contribution in [0, 0.1) is 0 Å². The van der Waals surface area contributed by atoms with Crippen LogP contribution in [0.4, 0.5) is 0 Å². The molecule has 0 aliphatic carbocycles. The van der Waals surface area contributed by atoms with E-state index in [1.165, 1.54) is 48.5 Å². The fourth-order valence-corrected chi connectivity index (χ4v) is 6.04. The lowest BCUT2D eigenvalue weighted by Crippen LogP contribution is -2.49. The van der Waals surface area contributed by atoms with Crippen LogP contribution >= 0.6 is 116 Å². The van der Waals surface area contributed by atoms with Gasteiger partial charge in [-0.15, -0.1) is 0 Å². The van der Waals surface area contributed by atoms with Gasteiger partial charge in [0, 0.05) is 0 Å². The lowest BCUT2D eigenvalue weighted by atomic mass is 10.1. The number of ether oxygens (including phenoxy) is 4. The molecule has 0 fully saturated rings. The van der Waals surface area contributed by atoms with E-state index in [1.807, 2.05) is 0 Å². The maximum Gasteiger partial charge on any atom is 0.357 e. The highest BCUT2D eigenvalue weighted by Crippen LogP contribution is 2.49. The largest absolute Gasteiger partial charge is 0.442 e. The van der Waals surface area contributed by atoms with Gasteiger partial charge in [0.05, 0.1) is 41.3 Å². The van der Waals surface area contributed by atoms with Crippen LogP contribution in [0.5, 0.6) is 11.5 Å². The molecule has 4 aromatic rings. The molecule has 2 unspecified atom stereocenters. The van der Waals surface area contributed by atoms with Gasteiger partial charge < -0.3 is 18.9 Å². The molecular formula is C30H12Cl10O8. The van der Waals surface area contributed by atoms with E-state index in [0.29, 0.717) is 0 Å². The molecule has 18 heteroatoms. The van der Waals surface area contributed by atoms with E-state index in [4.69, 9.17) is 135 Å². The summed E-state index contributed by atoms with van der Waals surface area (Å²) in [7, 11) is 0. The Morgan fingerprint density at radius 1 is 0.396 bits per heavy atom. The Labute approximate surface area is 321 Å². The van der Waals surface area contributed by atoms with Gasteiger partial charge in [-0.3, -0.25) is 0 Å². The number of hydrogen-bond donors (Lipinski definition) is 0. The highest BCUT2D eigenvalue weighted by molar-refractivity contribution is 6.56. The summed E-state index contributed by atoms with van der Waals surface area (Å²) in [6, 6.07) is 14.5. The summed E-state index contributed by atoms with van der Waals surface area (Å²) in [4.78, 5) is 54.2. The number of carbonyl (C=O) groups excluding carboxylic acids is 4. The van der Waals surface area contributed by atoms with Gasteiger partial charge in [-0.05, 0) is 24.3 Å². The van der Waals surface area contributed by atoms with E-state index < -0.39 is 67.7 Å². The zero-order valence-electron chi connectivity index (χ0n) is 23.0. The molecule has 0 N–H and O–H groups in total. The summed E-state index contributed by atoms with van der Waals surface area (Å²) in [5.74, 6) is -6.80. The fraction of sp³-hybridized carbons (Fsp3) is 0.0667. The van der Waals surface area contributed by atoms with E-state index in [1.54, 1.807) is 12.1 Å².